The van der Waals surface area contributed by atoms with Crippen LogP contribution < -0.4 is 0 Å². The Bertz CT molecular complexity index is 400. The molecule has 0 spiro atoms. The standard InChI is InChI=1S/C13H19NO2S/c1-13(2,3)11-8-17-12(14-11)7-9(15)10-5-4-6-16-10/h8,10H,4-7H2,1-3H3. The van der Waals surface area contributed by atoms with Gasteiger partial charge in [0.05, 0.1) is 12.1 Å². The van der Waals surface area contributed by atoms with Crippen molar-refractivity contribution < 1.29 is 9.53 Å². The van der Waals surface area contributed by atoms with Gasteiger partial charge in [-0.2, -0.15) is 0 Å². The average molecular weight is 253 g/mol. The minimum absolute atomic E-state index is 0.0572. The molecule has 0 N–H and O–H groups in total. The Morgan fingerprint density at radius 1 is 1.59 bits per heavy atom. The Morgan fingerprint density at radius 2 is 2.35 bits per heavy atom. The Kier molecular flexibility index (Phi) is 3.64. The predicted octanol–water partition coefficient (Wildman–Crippen LogP) is 2.73. The van der Waals surface area contributed by atoms with Crippen molar-refractivity contribution in [2.45, 2.75) is 51.6 Å². The number of aromatic nitrogens is 1. The van der Waals surface area contributed by atoms with Crippen molar-refractivity contribution in [3.05, 3.63) is 16.1 Å². The number of carbonyl (C=O) groups excluding carboxylic acids is 1. The Balaban J connectivity index is 1.99. The molecule has 0 aliphatic carbocycles. The molecule has 0 radical (unpaired) electrons. The molecule has 0 saturated carbocycles. The third-order valence-electron chi connectivity index (χ3n) is 2.93. The largest absolute Gasteiger partial charge is 0.370 e. The summed E-state index contributed by atoms with van der Waals surface area (Å²) in [5, 5.41) is 2.97. The third kappa shape index (κ3) is 3.13. The van der Waals surface area contributed by atoms with Crippen LogP contribution in [0.5, 0.6) is 0 Å². The molecule has 1 fully saturated rings. The molecule has 0 bridgehead atoms. The predicted molar refractivity (Wildman–Crippen MR) is 68.5 cm³/mol. The van der Waals surface area contributed by atoms with Crippen LogP contribution in [-0.4, -0.2) is 23.5 Å². The van der Waals surface area contributed by atoms with E-state index in [-0.39, 0.29) is 17.3 Å². The molecule has 3 nitrogen and oxygen atoms in total. The molecule has 0 amide bonds. The van der Waals surface area contributed by atoms with Crippen LogP contribution in [0, 0.1) is 0 Å². The van der Waals surface area contributed by atoms with Crippen LogP contribution in [0.4, 0.5) is 0 Å². The summed E-state index contributed by atoms with van der Waals surface area (Å²) in [7, 11) is 0. The normalized spacial score (nSPS) is 20.8. The number of thiazole rings is 1. The molecule has 1 aromatic heterocycles. The van der Waals surface area contributed by atoms with Crippen molar-refractivity contribution in [3.8, 4) is 0 Å². The van der Waals surface area contributed by atoms with E-state index in [0.29, 0.717) is 6.42 Å². The second kappa shape index (κ2) is 4.86. The quantitative estimate of drug-likeness (QED) is 0.831. The maximum absolute atomic E-state index is 11.9. The fourth-order valence-corrected chi connectivity index (χ4v) is 2.86. The highest BCUT2D eigenvalue weighted by Crippen LogP contribution is 2.25. The third-order valence-corrected chi connectivity index (χ3v) is 3.78. The second-order valence-electron chi connectivity index (χ2n) is 5.52. The summed E-state index contributed by atoms with van der Waals surface area (Å²) >= 11 is 1.58. The van der Waals surface area contributed by atoms with Crippen molar-refractivity contribution in [1.82, 2.24) is 4.98 Å². The number of Topliss-reactive ketones (excluding diaryl/α,β-unsaturated/α-hetero) is 1. The fraction of sp³-hybridized carbons (Fsp3) is 0.692. The summed E-state index contributed by atoms with van der Waals surface area (Å²) in [5.41, 5.74) is 1.12. The molecule has 4 heteroatoms. The van der Waals surface area contributed by atoms with Gasteiger partial charge >= 0.3 is 0 Å². The van der Waals surface area contributed by atoms with Gasteiger partial charge in [0, 0.05) is 17.4 Å². The van der Waals surface area contributed by atoms with E-state index in [1.807, 2.05) is 0 Å². The van der Waals surface area contributed by atoms with Crippen LogP contribution in [0.1, 0.15) is 44.3 Å². The van der Waals surface area contributed by atoms with Crippen molar-refractivity contribution in [2.24, 2.45) is 0 Å². The first-order valence-corrected chi connectivity index (χ1v) is 6.94. The van der Waals surface area contributed by atoms with E-state index in [4.69, 9.17) is 4.74 Å². The average Bonchev–Trinajstić information content (AvgIpc) is 2.85. The summed E-state index contributed by atoms with van der Waals surface area (Å²) < 4.78 is 5.39. The summed E-state index contributed by atoms with van der Waals surface area (Å²) in [6.45, 7) is 7.12. The topological polar surface area (TPSA) is 39.2 Å². The van der Waals surface area contributed by atoms with Crippen LogP contribution in [-0.2, 0) is 21.4 Å². The van der Waals surface area contributed by atoms with Gasteiger partial charge in [0.15, 0.2) is 5.78 Å². The first kappa shape index (κ1) is 12.7. The van der Waals surface area contributed by atoms with E-state index < -0.39 is 0 Å². The molecule has 1 aliphatic heterocycles. The Labute approximate surface area is 106 Å². The zero-order valence-electron chi connectivity index (χ0n) is 10.7. The summed E-state index contributed by atoms with van der Waals surface area (Å²) in [5.74, 6) is 0.178. The van der Waals surface area contributed by atoms with Gasteiger partial charge < -0.3 is 4.74 Å². The Hall–Kier alpha value is -0.740. The molecule has 1 atom stereocenters. The van der Waals surface area contributed by atoms with Gasteiger partial charge in [0.25, 0.3) is 0 Å². The molecule has 1 aromatic rings. The van der Waals surface area contributed by atoms with Gasteiger partial charge in [-0.1, -0.05) is 20.8 Å². The summed E-state index contributed by atoms with van der Waals surface area (Å²) in [6.07, 6.45) is 2.11. The lowest BCUT2D eigenvalue weighted by Gasteiger charge is -2.14. The van der Waals surface area contributed by atoms with Crippen molar-refractivity contribution in [3.63, 3.8) is 0 Å². The van der Waals surface area contributed by atoms with Crippen LogP contribution in [0.25, 0.3) is 0 Å². The zero-order valence-corrected chi connectivity index (χ0v) is 11.5. The first-order valence-electron chi connectivity index (χ1n) is 6.06. The van der Waals surface area contributed by atoms with Crippen molar-refractivity contribution >= 4 is 17.1 Å². The van der Waals surface area contributed by atoms with E-state index in [9.17, 15) is 4.79 Å². The highest BCUT2D eigenvalue weighted by Gasteiger charge is 2.25. The number of ketones is 1. The minimum Gasteiger partial charge on any atom is -0.370 e. The van der Waals surface area contributed by atoms with Gasteiger partial charge in [-0.15, -0.1) is 11.3 Å². The van der Waals surface area contributed by atoms with Crippen molar-refractivity contribution in [1.29, 1.82) is 0 Å². The molecule has 2 rings (SSSR count). The summed E-state index contributed by atoms with van der Waals surface area (Å²) in [4.78, 5) is 16.5. The smallest absolute Gasteiger partial charge is 0.168 e. The van der Waals surface area contributed by atoms with Crippen molar-refractivity contribution in [2.75, 3.05) is 6.61 Å². The molecule has 1 aliphatic rings. The first-order chi connectivity index (χ1) is 7.97. The van der Waals surface area contributed by atoms with E-state index in [2.05, 4.69) is 31.1 Å². The van der Waals surface area contributed by atoms with Gasteiger partial charge in [-0.25, -0.2) is 4.98 Å². The molecular weight excluding hydrogens is 234 g/mol. The molecule has 1 unspecified atom stereocenters. The molecule has 2 heterocycles. The van der Waals surface area contributed by atoms with Gasteiger partial charge in [-0.3, -0.25) is 4.79 Å². The highest BCUT2D eigenvalue weighted by atomic mass is 32.1. The lowest BCUT2D eigenvalue weighted by molar-refractivity contribution is -0.127. The second-order valence-corrected chi connectivity index (χ2v) is 6.46. The van der Waals surface area contributed by atoms with Gasteiger partial charge in [0.2, 0.25) is 0 Å². The van der Waals surface area contributed by atoms with E-state index in [0.717, 1.165) is 30.2 Å². The number of nitrogens with zero attached hydrogens (tertiary/aromatic N) is 1. The maximum atomic E-state index is 11.9. The highest BCUT2D eigenvalue weighted by molar-refractivity contribution is 7.09. The van der Waals surface area contributed by atoms with Gasteiger partial charge in [-0.05, 0) is 12.8 Å². The molecule has 1 saturated heterocycles. The van der Waals surface area contributed by atoms with E-state index >= 15 is 0 Å². The Morgan fingerprint density at radius 3 is 2.88 bits per heavy atom. The van der Waals surface area contributed by atoms with Crippen LogP contribution in [0.3, 0.4) is 0 Å². The van der Waals surface area contributed by atoms with Crippen LogP contribution in [0.2, 0.25) is 0 Å². The minimum atomic E-state index is -0.183. The zero-order chi connectivity index (χ0) is 12.5. The fourth-order valence-electron chi connectivity index (χ4n) is 1.83. The number of ether oxygens (including phenoxy) is 1. The molecule has 94 valence electrons. The molecule has 17 heavy (non-hydrogen) atoms. The summed E-state index contributed by atoms with van der Waals surface area (Å²) in [6, 6.07) is 0. The maximum Gasteiger partial charge on any atom is 0.168 e. The number of hydrogen-bond donors (Lipinski definition) is 0. The lowest BCUT2D eigenvalue weighted by atomic mass is 9.93. The number of carbonyl (C=O) groups is 1. The van der Waals surface area contributed by atoms with Crippen LogP contribution in [0.15, 0.2) is 5.38 Å². The number of hydrogen-bond acceptors (Lipinski definition) is 4. The van der Waals surface area contributed by atoms with Gasteiger partial charge in [0.1, 0.15) is 11.1 Å². The van der Waals surface area contributed by atoms with E-state index in [1.165, 1.54) is 0 Å². The SMILES string of the molecule is CC(C)(C)c1csc(CC(=O)C2CCCO2)n1. The van der Waals surface area contributed by atoms with Crippen LogP contribution >= 0.6 is 11.3 Å². The monoisotopic (exact) mass is 253 g/mol. The number of rotatable bonds is 3. The molecule has 0 aromatic carbocycles. The van der Waals surface area contributed by atoms with E-state index in [1.54, 1.807) is 11.3 Å². The lowest BCUT2D eigenvalue weighted by Crippen LogP contribution is -2.21. The molecular formula is C13H19NO2S.